The number of aliphatic hydroxyl groups is 3. The van der Waals surface area contributed by atoms with Crippen molar-refractivity contribution >= 4 is 23.9 Å². The van der Waals surface area contributed by atoms with Crippen molar-refractivity contribution in [1.82, 2.24) is 0 Å². The molecule has 4 aliphatic rings. The molecule has 0 radical (unpaired) electrons. The lowest BCUT2D eigenvalue weighted by atomic mass is 9.45. The Labute approximate surface area is 269 Å². The topological polar surface area (TPSA) is 195 Å². The van der Waals surface area contributed by atoms with Gasteiger partial charge < -0.3 is 44.1 Å². The fraction of sp³-hybridized carbons (Fsp3) is 0.471. The zero-order valence-electron chi connectivity index (χ0n) is 26.0. The van der Waals surface area contributed by atoms with Crippen LogP contribution in [0.3, 0.4) is 0 Å². The summed E-state index contributed by atoms with van der Waals surface area (Å²) < 4.78 is 27.4. The highest BCUT2D eigenvalue weighted by atomic mass is 16.6. The molecule has 6 rings (SSSR count). The van der Waals surface area contributed by atoms with Crippen molar-refractivity contribution in [1.29, 1.82) is 0 Å². The Morgan fingerprint density at radius 1 is 0.979 bits per heavy atom. The lowest BCUT2D eigenvalue weighted by Gasteiger charge is -2.61. The third-order valence-electron chi connectivity index (χ3n) is 10.1. The Hall–Kier alpha value is -4.46. The molecule has 1 aliphatic heterocycles. The van der Waals surface area contributed by atoms with Gasteiger partial charge in [-0.15, -0.1) is 0 Å². The van der Waals surface area contributed by atoms with Crippen LogP contribution >= 0.6 is 0 Å². The fourth-order valence-electron chi connectivity index (χ4n) is 7.79. The molecule has 1 spiro atoms. The number of ether oxygens (including phenoxy) is 5. The van der Waals surface area contributed by atoms with Gasteiger partial charge in [-0.05, 0) is 62.1 Å². The summed E-state index contributed by atoms with van der Waals surface area (Å²) in [6.07, 6.45) is -5.60. The highest BCUT2D eigenvalue weighted by Gasteiger charge is 2.72. The normalized spacial score (nSPS) is 29.1. The predicted octanol–water partition coefficient (Wildman–Crippen LogP) is 1.88. The Balaban J connectivity index is 1.16. The summed E-state index contributed by atoms with van der Waals surface area (Å²) in [6, 6.07) is 11.4. The maximum atomic E-state index is 13.1. The summed E-state index contributed by atoms with van der Waals surface area (Å²) in [5.41, 5.74) is -0.172. The molecule has 2 bridgehead atoms. The molecule has 13 heteroatoms. The van der Waals surface area contributed by atoms with Gasteiger partial charge in [0.1, 0.15) is 5.76 Å². The minimum absolute atomic E-state index is 0.0104. The molecule has 250 valence electrons. The molecule has 0 aromatic heterocycles. The van der Waals surface area contributed by atoms with E-state index in [-0.39, 0.29) is 29.6 Å². The van der Waals surface area contributed by atoms with E-state index in [1.807, 2.05) is 6.07 Å². The average molecular weight is 653 g/mol. The molecule has 1 saturated carbocycles. The standard InChI is InChI=1S/C34H36O13/c1-16-11-13-33-23-19-9-10-21(43-3)27(23)46-28(33)22(12-14-34(33,42)20(16)15-19)45-32(41)25(36)24(35)31(40)44-17(2)30(39)47-26(29(37)38)18-7-5-4-6-8-18/h4-10,12,16-17,20,24-26,28,35-36,42H,11,13-15H2,1-3H3,(H,37,38)/t16?,17-,20-,24+,25+,26-,28-,33?,34+/m0/s1. The number of carbonyl (C=O) groups is 4. The molecule has 1 fully saturated rings. The number of methoxy groups -OCH3 is 1. The van der Waals surface area contributed by atoms with Crippen LogP contribution in [0.25, 0.3) is 0 Å². The van der Waals surface area contributed by atoms with Crippen molar-refractivity contribution in [2.75, 3.05) is 7.11 Å². The molecule has 2 unspecified atom stereocenters. The van der Waals surface area contributed by atoms with Gasteiger partial charge in [0.2, 0.25) is 6.10 Å². The highest BCUT2D eigenvalue weighted by molar-refractivity contribution is 5.88. The summed E-state index contributed by atoms with van der Waals surface area (Å²) in [6.45, 7) is 3.19. The molecular formula is C34H36O13. The Morgan fingerprint density at radius 3 is 2.36 bits per heavy atom. The highest BCUT2D eigenvalue weighted by Crippen LogP contribution is 2.68. The molecule has 9 atom stereocenters. The monoisotopic (exact) mass is 652 g/mol. The summed E-state index contributed by atoms with van der Waals surface area (Å²) in [5.74, 6) is -4.59. The second kappa shape index (κ2) is 12.0. The minimum Gasteiger partial charge on any atom is -0.493 e. The van der Waals surface area contributed by atoms with Crippen molar-refractivity contribution in [2.45, 2.75) is 81.1 Å². The van der Waals surface area contributed by atoms with Crippen LogP contribution in [-0.4, -0.2) is 81.4 Å². The van der Waals surface area contributed by atoms with Crippen molar-refractivity contribution < 1.29 is 63.3 Å². The first kappa shape index (κ1) is 32.5. The summed E-state index contributed by atoms with van der Waals surface area (Å²) in [7, 11) is 1.50. The van der Waals surface area contributed by atoms with Crippen LogP contribution in [-0.2, 0) is 45.2 Å². The molecule has 3 aliphatic carbocycles. The zero-order valence-corrected chi connectivity index (χ0v) is 26.0. The summed E-state index contributed by atoms with van der Waals surface area (Å²) in [5, 5.41) is 42.9. The first-order chi connectivity index (χ1) is 22.3. The molecule has 0 saturated heterocycles. The maximum absolute atomic E-state index is 13.1. The van der Waals surface area contributed by atoms with Crippen LogP contribution in [0.1, 0.15) is 55.9 Å². The van der Waals surface area contributed by atoms with E-state index in [9.17, 15) is 39.6 Å². The molecule has 13 nitrogen and oxygen atoms in total. The molecule has 4 N–H and O–H groups in total. The second-order valence-corrected chi connectivity index (χ2v) is 12.6. The SMILES string of the molecule is COc1ccc2c3c1O[C@H]1C(OC(=O)[C@H](O)[C@@H](O)C(=O)O[C@@H](C)C(=O)O[C@H](C(=O)O)c4ccccc4)=CC[C@@]4(O)[C@@H](C2)C(C)CCC314. The first-order valence-corrected chi connectivity index (χ1v) is 15.4. The maximum Gasteiger partial charge on any atom is 0.349 e. The van der Waals surface area contributed by atoms with E-state index in [1.54, 1.807) is 24.3 Å². The van der Waals surface area contributed by atoms with Crippen LogP contribution in [0.2, 0.25) is 0 Å². The van der Waals surface area contributed by atoms with Crippen molar-refractivity contribution in [3.63, 3.8) is 0 Å². The fourth-order valence-corrected chi connectivity index (χ4v) is 7.79. The largest absolute Gasteiger partial charge is 0.493 e. The van der Waals surface area contributed by atoms with E-state index in [0.29, 0.717) is 24.3 Å². The molecule has 2 aromatic carbocycles. The number of carbonyl (C=O) groups excluding carboxylic acids is 3. The number of rotatable bonds is 10. The third kappa shape index (κ3) is 5.04. The van der Waals surface area contributed by atoms with Crippen molar-refractivity contribution in [3.8, 4) is 11.5 Å². The van der Waals surface area contributed by atoms with E-state index in [4.69, 9.17) is 23.7 Å². The van der Waals surface area contributed by atoms with E-state index in [0.717, 1.165) is 24.5 Å². The van der Waals surface area contributed by atoms with Gasteiger partial charge >= 0.3 is 23.9 Å². The molecule has 1 heterocycles. The molecular weight excluding hydrogens is 616 g/mol. The molecule has 2 aromatic rings. The van der Waals surface area contributed by atoms with E-state index in [2.05, 4.69) is 6.92 Å². The van der Waals surface area contributed by atoms with Gasteiger partial charge in [-0.3, -0.25) is 0 Å². The number of carboxylic acids is 1. The van der Waals surface area contributed by atoms with Gasteiger partial charge in [0, 0.05) is 11.1 Å². The van der Waals surface area contributed by atoms with Gasteiger partial charge in [0.25, 0.3) is 0 Å². The van der Waals surface area contributed by atoms with Crippen molar-refractivity contribution in [3.05, 3.63) is 71.0 Å². The van der Waals surface area contributed by atoms with Crippen LogP contribution in [0, 0.1) is 11.8 Å². The lowest BCUT2D eigenvalue weighted by molar-refractivity contribution is -0.186. The minimum atomic E-state index is -2.47. The number of aliphatic carboxylic acids is 1. The Bertz CT molecular complexity index is 1640. The van der Waals surface area contributed by atoms with Gasteiger partial charge in [-0.25, -0.2) is 19.2 Å². The molecule has 47 heavy (non-hydrogen) atoms. The zero-order chi connectivity index (χ0) is 33.8. The van der Waals surface area contributed by atoms with E-state index < -0.39 is 65.4 Å². The predicted molar refractivity (Wildman–Crippen MR) is 159 cm³/mol. The number of hydrogen-bond acceptors (Lipinski definition) is 12. The quantitative estimate of drug-likeness (QED) is 0.215. The number of hydrogen-bond donors (Lipinski definition) is 4. The summed E-state index contributed by atoms with van der Waals surface area (Å²) in [4.78, 5) is 50.0. The van der Waals surface area contributed by atoms with Crippen LogP contribution in [0.15, 0.2) is 54.3 Å². The van der Waals surface area contributed by atoms with Gasteiger partial charge in [0.05, 0.1) is 18.1 Å². The first-order valence-electron chi connectivity index (χ1n) is 15.4. The van der Waals surface area contributed by atoms with E-state index in [1.165, 1.54) is 25.3 Å². The van der Waals surface area contributed by atoms with Gasteiger partial charge in [-0.2, -0.15) is 0 Å². The smallest absolute Gasteiger partial charge is 0.349 e. The summed E-state index contributed by atoms with van der Waals surface area (Å²) >= 11 is 0. The average Bonchev–Trinajstić information content (AvgIpc) is 3.41. The molecule has 0 amide bonds. The number of aliphatic hydroxyl groups excluding tert-OH is 2. The van der Waals surface area contributed by atoms with Gasteiger partial charge in [-0.1, -0.05) is 43.3 Å². The number of carboxylic acid groups (broad SMARTS) is 1. The van der Waals surface area contributed by atoms with Crippen LogP contribution in [0.4, 0.5) is 0 Å². The van der Waals surface area contributed by atoms with E-state index >= 15 is 0 Å². The third-order valence-corrected chi connectivity index (χ3v) is 10.1. The Morgan fingerprint density at radius 2 is 1.68 bits per heavy atom. The van der Waals surface area contributed by atoms with Crippen LogP contribution < -0.4 is 9.47 Å². The Kier molecular flexibility index (Phi) is 8.27. The lowest BCUT2D eigenvalue weighted by Crippen LogP contribution is -2.69. The van der Waals surface area contributed by atoms with Crippen LogP contribution in [0.5, 0.6) is 11.5 Å². The van der Waals surface area contributed by atoms with Crippen molar-refractivity contribution in [2.24, 2.45) is 11.8 Å². The van der Waals surface area contributed by atoms with Gasteiger partial charge in [0.15, 0.2) is 35.9 Å². The second-order valence-electron chi connectivity index (χ2n) is 12.6. The number of benzene rings is 2. The number of esters is 3.